The van der Waals surface area contributed by atoms with Crippen LogP contribution in [0, 0.1) is 0 Å². The highest BCUT2D eigenvalue weighted by Crippen LogP contribution is 2.33. The van der Waals surface area contributed by atoms with Crippen LogP contribution < -0.4 is 0 Å². The number of benzene rings is 1. The third-order valence-corrected chi connectivity index (χ3v) is 2.08. The highest BCUT2D eigenvalue weighted by atomic mass is 16.3. The molecule has 1 heterocycles. The summed E-state index contributed by atoms with van der Waals surface area (Å²) in [4.78, 5) is 0. The summed E-state index contributed by atoms with van der Waals surface area (Å²) in [6.45, 7) is 0. The minimum absolute atomic E-state index is 0.0639. The maximum atomic E-state index is 9.58. The van der Waals surface area contributed by atoms with Crippen LogP contribution in [-0.2, 0) is 7.05 Å². The van der Waals surface area contributed by atoms with Gasteiger partial charge in [-0.15, -0.1) is 0 Å². The van der Waals surface area contributed by atoms with E-state index < -0.39 is 0 Å². The highest BCUT2D eigenvalue weighted by molar-refractivity contribution is 5.71. The van der Waals surface area contributed by atoms with Gasteiger partial charge in [0, 0.05) is 12.6 Å². The van der Waals surface area contributed by atoms with Crippen molar-refractivity contribution < 1.29 is 10.2 Å². The summed E-state index contributed by atoms with van der Waals surface area (Å²) < 4.78 is 1.52. The molecule has 0 aliphatic rings. The number of hydrogen-bond acceptors (Lipinski definition) is 3. The fourth-order valence-corrected chi connectivity index (χ4v) is 1.41. The molecule has 1 aromatic heterocycles. The molecule has 0 aliphatic heterocycles. The number of aromatic nitrogens is 2. The molecule has 0 spiro atoms. The van der Waals surface area contributed by atoms with Crippen molar-refractivity contribution in [3.63, 3.8) is 0 Å². The van der Waals surface area contributed by atoms with Gasteiger partial charge in [-0.2, -0.15) is 5.10 Å². The van der Waals surface area contributed by atoms with E-state index in [2.05, 4.69) is 5.10 Å². The largest absolute Gasteiger partial charge is 0.507 e. The molecule has 2 rings (SSSR count). The number of rotatable bonds is 1. The average Bonchev–Trinajstić information content (AvgIpc) is 2.48. The van der Waals surface area contributed by atoms with Gasteiger partial charge in [-0.3, -0.25) is 4.68 Å². The van der Waals surface area contributed by atoms with Gasteiger partial charge in [-0.1, -0.05) is 12.1 Å². The number of aromatic hydroxyl groups is 2. The van der Waals surface area contributed by atoms with E-state index in [-0.39, 0.29) is 11.5 Å². The molecular weight excluding hydrogens is 180 g/mol. The van der Waals surface area contributed by atoms with Crippen molar-refractivity contribution in [2.24, 2.45) is 7.05 Å². The van der Waals surface area contributed by atoms with E-state index in [0.29, 0.717) is 11.3 Å². The molecule has 0 atom stereocenters. The van der Waals surface area contributed by atoms with Crippen molar-refractivity contribution in [1.82, 2.24) is 9.78 Å². The number of phenols is 1. The van der Waals surface area contributed by atoms with E-state index in [1.807, 2.05) is 0 Å². The van der Waals surface area contributed by atoms with Crippen molar-refractivity contribution in [2.45, 2.75) is 0 Å². The normalized spacial score (nSPS) is 10.4. The number of para-hydroxylation sites is 1. The summed E-state index contributed by atoms with van der Waals surface area (Å²) in [5.41, 5.74) is 1.09. The molecule has 2 aromatic rings. The van der Waals surface area contributed by atoms with Crippen molar-refractivity contribution >= 4 is 0 Å². The summed E-state index contributed by atoms with van der Waals surface area (Å²) in [5.74, 6) is 0.195. The van der Waals surface area contributed by atoms with Crippen LogP contribution in [0.1, 0.15) is 0 Å². The zero-order valence-electron chi connectivity index (χ0n) is 7.68. The monoisotopic (exact) mass is 190 g/mol. The van der Waals surface area contributed by atoms with Crippen LogP contribution in [-0.4, -0.2) is 20.0 Å². The molecule has 72 valence electrons. The molecule has 0 saturated heterocycles. The van der Waals surface area contributed by atoms with Crippen LogP contribution in [0.3, 0.4) is 0 Å². The first kappa shape index (κ1) is 8.62. The first-order valence-corrected chi connectivity index (χ1v) is 4.19. The highest BCUT2D eigenvalue weighted by Gasteiger charge is 2.12. The van der Waals surface area contributed by atoms with Gasteiger partial charge in [0.1, 0.15) is 11.4 Å². The second kappa shape index (κ2) is 3.06. The molecule has 0 radical (unpaired) electrons. The smallest absolute Gasteiger partial charge is 0.161 e. The number of nitrogens with zero attached hydrogens (tertiary/aromatic N) is 2. The van der Waals surface area contributed by atoms with Gasteiger partial charge in [0.25, 0.3) is 0 Å². The van der Waals surface area contributed by atoms with Crippen LogP contribution in [0.2, 0.25) is 0 Å². The Morgan fingerprint density at radius 1 is 1.14 bits per heavy atom. The molecule has 0 fully saturated rings. The Bertz CT molecular complexity index is 443. The molecule has 0 aliphatic carbocycles. The SMILES string of the molecule is Cn1ncc(O)c1-c1ccccc1O. The summed E-state index contributed by atoms with van der Waals surface area (Å²) in [5, 5.41) is 23.0. The second-order valence-electron chi connectivity index (χ2n) is 3.02. The topological polar surface area (TPSA) is 58.3 Å². The fraction of sp³-hybridized carbons (Fsp3) is 0.100. The van der Waals surface area contributed by atoms with E-state index in [4.69, 9.17) is 0 Å². The predicted molar refractivity (Wildman–Crippen MR) is 52.0 cm³/mol. The standard InChI is InChI=1S/C10H10N2O2/c1-12-10(9(14)6-11-12)7-4-2-3-5-8(7)13/h2-6,13-14H,1H3. The summed E-state index contributed by atoms with van der Waals surface area (Å²) in [7, 11) is 1.71. The third-order valence-electron chi connectivity index (χ3n) is 2.08. The Balaban J connectivity index is 2.66. The Kier molecular flexibility index (Phi) is 1.89. The molecule has 4 nitrogen and oxygen atoms in total. The van der Waals surface area contributed by atoms with Crippen molar-refractivity contribution in [3.05, 3.63) is 30.5 Å². The van der Waals surface area contributed by atoms with Crippen LogP contribution in [0.25, 0.3) is 11.3 Å². The zero-order chi connectivity index (χ0) is 10.1. The molecule has 4 heteroatoms. The van der Waals surface area contributed by atoms with Crippen LogP contribution in [0.4, 0.5) is 0 Å². The Morgan fingerprint density at radius 2 is 1.86 bits per heavy atom. The van der Waals surface area contributed by atoms with Crippen molar-refractivity contribution in [3.8, 4) is 22.8 Å². The molecular formula is C10H10N2O2. The Morgan fingerprint density at radius 3 is 2.43 bits per heavy atom. The molecule has 0 saturated carbocycles. The first-order valence-electron chi connectivity index (χ1n) is 4.19. The van der Waals surface area contributed by atoms with Crippen molar-refractivity contribution in [1.29, 1.82) is 0 Å². The van der Waals surface area contributed by atoms with Gasteiger partial charge in [-0.05, 0) is 12.1 Å². The van der Waals surface area contributed by atoms with Gasteiger partial charge in [-0.25, -0.2) is 0 Å². The molecule has 0 unspecified atom stereocenters. The maximum Gasteiger partial charge on any atom is 0.161 e. The van der Waals surface area contributed by atoms with Crippen LogP contribution >= 0.6 is 0 Å². The van der Waals surface area contributed by atoms with Crippen LogP contribution in [0.5, 0.6) is 11.5 Å². The third kappa shape index (κ3) is 1.21. The minimum Gasteiger partial charge on any atom is -0.507 e. The lowest BCUT2D eigenvalue weighted by atomic mass is 10.1. The predicted octanol–water partition coefficient (Wildman–Crippen LogP) is 1.50. The lowest BCUT2D eigenvalue weighted by Crippen LogP contribution is -1.93. The number of hydrogen-bond donors (Lipinski definition) is 2. The molecule has 1 aromatic carbocycles. The molecule has 0 bridgehead atoms. The maximum absolute atomic E-state index is 9.58. The van der Waals surface area contributed by atoms with E-state index in [1.165, 1.54) is 10.9 Å². The molecule has 14 heavy (non-hydrogen) atoms. The zero-order valence-corrected chi connectivity index (χ0v) is 7.68. The number of phenolic OH excluding ortho intramolecular Hbond substituents is 1. The van der Waals surface area contributed by atoms with Crippen LogP contribution in [0.15, 0.2) is 30.5 Å². The minimum atomic E-state index is 0.0639. The van der Waals surface area contributed by atoms with Gasteiger partial charge >= 0.3 is 0 Å². The van der Waals surface area contributed by atoms with E-state index in [9.17, 15) is 10.2 Å². The quantitative estimate of drug-likeness (QED) is 0.716. The van der Waals surface area contributed by atoms with E-state index >= 15 is 0 Å². The van der Waals surface area contributed by atoms with E-state index in [1.54, 1.807) is 31.3 Å². The Labute approximate surface area is 81.0 Å². The lowest BCUT2D eigenvalue weighted by molar-refractivity contribution is 0.468. The molecule has 0 amide bonds. The van der Waals surface area contributed by atoms with Gasteiger partial charge in [0.2, 0.25) is 0 Å². The summed E-state index contributed by atoms with van der Waals surface area (Å²) >= 11 is 0. The second-order valence-corrected chi connectivity index (χ2v) is 3.02. The van der Waals surface area contributed by atoms with Crippen molar-refractivity contribution in [2.75, 3.05) is 0 Å². The fourth-order valence-electron chi connectivity index (χ4n) is 1.41. The Hall–Kier alpha value is -1.97. The first-order chi connectivity index (χ1) is 6.70. The summed E-state index contributed by atoms with van der Waals surface area (Å²) in [6, 6.07) is 6.82. The van der Waals surface area contributed by atoms with Gasteiger partial charge in [0.15, 0.2) is 5.75 Å². The lowest BCUT2D eigenvalue weighted by Gasteiger charge is -2.04. The van der Waals surface area contributed by atoms with Gasteiger partial charge < -0.3 is 10.2 Å². The van der Waals surface area contributed by atoms with E-state index in [0.717, 1.165) is 0 Å². The van der Waals surface area contributed by atoms with Gasteiger partial charge in [0.05, 0.1) is 6.20 Å². The number of aryl methyl sites for hydroxylation is 1. The molecule has 2 N–H and O–H groups in total. The average molecular weight is 190 g/mol. The summed E-state index contributed by atoms with van der Waals surface area (Å²) in [6.07, 6.45) is 1.35.